The van der Waals surface area contributed by atoms with E-state index in [9.17, 15) is 9.36 Å². The molecule has 0 amide bonds. The van der Waals surface area contributed by atoms with Gasteiger partial charge in [-0.2, -0.15) is 0 Å². The van der Waals surface area contributed by atoms with E-state index in [4.69, 9.17) is 4.74 Å². The van der Waals surface area contributed by atoms with Gasteiger partial charge in [-0.05, 0) is 37.6 Å². The van der Waals surface area contributed by atoms with Crippen molar-refractivity contribution in [2.45, 2.75) is 26.7 Å². The van der Waals surface area contributed by atoms with Crippen molar-refractivity contribution in [3.05, 3.63) is 72.1 Å². The van der Waals surface area contributed by atoms with Crippen molar-refractivity contribution in [2.75, 3.05) is 29.0 Å². The Balaban J connectivity index is 2.09. The van der Waals surface area contributed by atoms with Crippen LogP contribution < -0.4 is 9.34 Å². The minimum atomic E-state index is -3.21. The number of benzene rings is 2. The lowest BCUT2D eigenvalue weighted by Gasteiger charge is -2.34. The van der Waals surface area contributed by atoms with Crippen LogP contribution in [0.25, 0.3) is 0 Å². The Hall–Kier alpha value is -2.52. The Bertz CT molecular complexity index is 816. The van der Waals surface area contributed by atoms with E-state index < -0.39 is 7.44 Å². The summed E-state index contributed by atoms with van der Waals surface area (Å²) in [5.74, 6) is -0.342. The third-order valence-corrected chi connectivity index (χ3v) is 7.99. The number of hydrogen-bond donors (Lipinski definition) is 0. The van der Waals surface area contributed by atoms with Gasteiger partial charge in [-0.1, -0.05) is 49.4 Å². The number of para-hydroxylation sites is 2. The maximum absolute atomic E-state index is 14.7. The minimum Gasteiger partial charge on any atom is -0.466 e. The van der Waals surface area contributed by atoms with Crippen LogP contribution in [0.15, 0.2) is 72.1 Å². The zero-order valence-corrected chi connectivity index (χ0v) is 17.3. The molecule has 2 aromatic carbocycles. The molecular formula is C22H27N2O3P. The number of esters is 1. The number of hydrogen-bond acceptors (Lipinski definition) is 3. The van der Waals surface area contributed by atoms with Crippen LogP contribution in [0.5, 0.6) is 0 Å². The average molecular weight is 398 g/mol. The lowest BCUT2D eigenvalue weighted by Crippen LogP contribution is -2.22. The fourth-order valence-electron chi connectivity index (χ4n) is 3.56. The summed E-state index contributed by atoms with van der Waals surface area (Å²) in [6.07, 6.45) is 2.66. The quantitative estimate of drug-likeness (QED) is 0.458. The molecule has 1 heterocycles. The lowest BCUT2D eigenvalue weighted by atomic mass is 10.3. The molecular weight excluding hydrogens is 371 g/mol. The molecule has 2 aromatic rings. The topological polar surface area (TPSA) is 49.9 Å². The van der Waals surface area contributed by atoms with Gasteiger partial charge in [0.1, 0.15) is 0 Å². The first kappa shape index (κ1) is 20.2. The van der Waals surface area contributed by atoms with Crippen molar-refractivity contribution >= 4 is 24.8 Å². The van der Waals surface area contributed by atoms with Crippen molar-refractivity contribution in [1.29, 1.82) is 0 Å². The lowest BCUT2D eigenvalue weighted by molar-refractivity contribution is -0.142. The molecule has 0 unspecified atom stereocenters. The fourth-order valence-corrected chi connectivity index (χ4v) is 6.81. The van der Waals surface area contributed by atoms with Crippen LogP contribution >= 0.6 is 7.44 Å². The van der Waals surface area contributed by atoms with Gasteiger partial charge in [0.2, 0.25) is 0 Å². The Kier molecular flexibility index (Phi) is 6.58. The molecule has 6 heteroatoms. The zero-order chi connectivity index (χ0) is 20.0. The first-order valence-corrected chi connectivity index (χ1v) is 11.3. The largest absolute Gasteiger partial charge is 0.466 e. The van der Waals surface area contributed by atoms with Crippen LogP contribution in [-0.4, -0.2) is 25.7 Å². The molecule has 1 saturated heterocycles. The summed E-state index contributed by atoms with van der Waals surface area (Å²) in [7, 11) is -3.21. The van der Waals surface area contributed by atoms with E-state index >= 15 is 0 Å². The number of carbonyl (C=O) groups is 1. The van der Waals surface area contributed by atoms with Gasteiger partial charge in [-0.3, -0.25) is 9.36 Å². The zero-order valence-electron chi connectivity index (χ0n) is 16.5. The molecule has 148 valence electrons. The first-order valence-electron chi connectivity index (χ1n) is 9.72. The maximum Gasteiger partial charge on any atom is 0.310 e. The van der Waals surface area contributed by atoms with E-state index in [1.807, 2.05) is 83.0 Å². The number of carbonyl (C=O) groups excluding carboxylic acids is 1. The van der Waals surface area contributed by atoms with E-state index in [0.29, 0.717) is 31.4 Å². The van der Waals surface area contributed by atoms with Crippen LogP contribution in [0.1, 0.15) is 26.7 Å². The molecule has 5 nitrogen and oxygen atoms in total. The minimum absolute atomic E-state index is 0.0334. The highest BCUT2D eigenvalue weighted by molar-refractivity contribution is 7.71. The second-order valence-corrected chi connectivity index (χ2v) is 9.18. The summed E-state index contributed by atoms with van der Waals surface area (Å²) >= 11 is 0. The molecule has 0 atom stereocenters. The molecule has 28 heavy (non-hydrogen) atoms. The molecule has 0 bridgehead atoms. The third kappa shape index (κ3) is 4.00. The summed E-state index contributed by atoms with van der Waals surface area (Å²) in [6, 6.07) is 19.5. The molecule has 0 radical (unpaired) electrons. The Morgan fingerprint density at radius 2 is 1.46 bits per heavy atom. The summed E-state index contributed by atoms with van der Waals surface area (Å²) in [5, 5.41) is 0.638. The van der Waals surface area contributed by atoms with Gasteiger partial charge in [-0.15, -0.1) is 0 Å². The third-order valence-electron chi connectivity index (χ3n) is 4.73. The summed E-state index contributed by atoms with van der Waals surface area (Å²) in [5.41, 5.74) is 1.80. The van der Waals surface area contributed by atoms with Crippen LogP contribution in [0.2, 0.25) is 0 Å². The monoisotopic (exact) mass is 398 g/mol. The average Bonchev–Trinajstić information content (AvgIpc) is 3.07. The van der Waals surface area contributed by atoms with Crippen molar-refractivity contribution < 1.29 is 14.1 Å². The predicted octanol–water partition coefficient (Wildman–Crippen LogP) is 5.45. The van der Waals surface area contributed by atoms with Gasteiger partial charge in [0.25, 0.3) is 7.44 Å². The SMILES string of the molecule is CC/C=C(\CC(=O)OCC)P1(=O)N(c2ccccc2)CCN1c1ccccc1. The Morgan fingerprint density at radius 1 is 0.964 bits per heavy atom. The number of ether oxygens (including phenoxy) is 1. The number of rotatable bonds is 7. The Morgan fingerprint density at radius 3 is 1.89 bits per heavy atom. The highest BCUT2D eigenvalue weighted by Crippen LogP contribution is 2.66. The second kappa shape index (κ2) is 9.11. The molecule has 1 aliphatic heterocycles. The predicted molar refractivity (Wildman–Crippen MR) is 115 cm³/mol. The summed E-state index contributed by atoms with van der Waals surface area (Å²) < 4.78 is 23.8. The molecule has 0 saturated carbocycles. The number of allylic oxidation sites excluding steroid dienone is 1. The van der Waals surface area contributed by atoms with Gasteiger partial charge < -0.3 is 14.1 Å². The molecule has 0 aliphatic carbocycles. The smallest absolute Gasteiger partial charge is 0.310 e. The molecule has 0 aromatic heterocycles. The van der Waals surface area contributed by atoms with Gasteiger partial charge in [-0.25, -0.2) is 0 Å². The summed E-state index contributed by atoms with van der Waals surface area (Å²) in [4.78, 5) is 12.3. The van der Waals surface area contributed by atoms with Gasteiger partial charge in [0, 0.05) is 29.8 Å². The van der Waals surface area contributed by atoms with Crippen molar-refractivity contribution in [1.82, 2.24) is 0 Å². The highest BCUT2D eigenvalue weighted by Gasteiger charge is 2.46. The fraction of sp³-hybridized carbons (Fsp3) is 0.318. The van der Waals surface area contributed by atoms with E-state index in [-0.39, 0.29) is 12.4 Å². The maximum atomic E-state index is 14.7. The second-order valence-electron chi connectivity index (χ2n) is 6.55. The molecule has 1 fully saturated rings. The number of anilines is 2. The van der Waals surface area contributed by atoms with E-state index in [2.05, 4.69) is 0 Å². The molecule has 0 spiro atoms. The normalized spacial score (nSPS) is 16.3. The van der Waals surface area contributed by atoms with E-state index in [1.165, 1.54) is 0 Å². The Labute approximate surface area is 167 Å². The molecule has 0 N–H and O–H groups in total. The highest BCUT2D eigenvalue weighted by atomic mass is 31.2. The van der Waals surface area contributed by atoms with Crippen LogP contribution in [-0.2, 0) is 14.1 Å². The van der Waals surface area contributed by atoms with Gasteiger partial charge in [0.05, 0.1) is 13.0 Å². The van der Waals surface area contributed by atoms with E-state index in [0.717, 1.165) is 11.4 Å². The van der Waals surface area contributed by atoms with Crippen LogP contribution in [0, 0.1) is 0 Å². The van der Waals surface area contributed by atoms with Crippen molar-refractivity contribution in [2.24, 2.45) is 0 Å². The molecule has 3 rings (SSSR count). The van der Waals surface area contributed by atoms with E-state index in [1.54, 1.807) is 6.92 Å². The van der Waals surface area contributed by atoms with Gasteiger partial charge in [0.15, 0.2) is 0 Å². The van der Waals surface area contributed by atoms with Crippen LogP contribution in [0.3, 0.4) is 0 Å². The van der Waals surface area contributed by atoms with Crippen molar-refractivity contribution in [3.8, 4) is 0 Å². The van der Waals surface area contributed by atoms with Crippen LogP contribution in [0.4, 0.5) is 11.4 Å². The summed E-state index contributed by atoms with van der Waals surface area (Å²) in [6.45, 7) is 5.34. The first-order chi connectivity index (χ1) is 13.6. The standard InChI is InChI=1S/C22H27N2O3P/c1-3-11-21(18-22(25)27-4-2)28(26)23(19-12-7-5-8-13-19)16-17-24(28)20-14-9-6-10-15-20/h5-15H,3-4,16-18H2,1-2H3/b21-11+. The number of nitrogens with zero attached hydrogens (tertiary/aromatic N) is 2. The van der Waals surface area contributed by atoms with Crippen molar-refractivity contribution in [3.63, 3.8) is 0 Å². The molecule has 1 aliphatic rings. The van der Waals surface area contributed by atoms with Gasteiger partial charge >= 0.3 is 5.97 Å².